The summed E-state index contributed by atoms with van der Waals surface area (Å²) in [5.41, 5.74) is 1.29. The fourth-order valence-corrected chi connectivity index (χ4v) is 3.68. The van der Waals surface area contributed by atoms with E-state index in [1.807, 2.05) is 41.8 Å². The van der Waals surface area contributed by atoms with E-state index in [-0.39, 0.29) is 24.2 Å². The average Bonchev–Trinajstić information content (AvgIpc) is 3.28. The molecule has 1 aromatic carbocycles. The number of carbonyl (C=O) groups excluding carboxylic acids is 2. The van der Waals surface area contributed by atoms with Gasteiger partial charge in [0.1, 0.15) is 0 Å². The molecule has 1 aliphatic rings. The molecule has 3 rings (SSSR count). The molecule has 3 N–H and O–H groups in total. The molecule has 0 aliphatic carbocycles. The Morgan fingerprint density at radius 1 is 1.08 bits per heavy atom. The molecule has 140 valence electrons. The molecule has 5 nitrogen and oxygen atoms in total. The minimum Gasteiger partial charge on any atom is -0.324 e. The van der Waals surface area contributed by atoms with Gasteiger partial charge in [-0.1, -0.05) is 18.2 Å². The lowest BCUT2D eigenvalue weighted by atomic mass is 10.0. The molecule has 1 unspecified atom stereocenters. The van der Waals surface area contributed by atoms with Crippen LogP contribution in [0, 0.1) is 5.92 Å². The average molecular weight is 394 g/mol. The van der Waals surface area contributed by atoms with E-state index >= 15 is 0 Å². The van der Waals surface area contributed by atoms with Gasteiger partial charge in [-0.3, -0.25) is 9.59 Å². The molecule has 7 heteroatoms. The number of nitrogens with one attached hydrogen (secondary N) is 3. The van der Waals surface area contributed by atoms with E-state index in [1.165, 1.54) is 0 Å². The molecule has 0 spiro atoms. The maximum atomic E-state index is 12.2. The molecule has 1 fully saturated rings. The third-order valence-electron chi connectivity index (χ3n) is 4.33. The van der Waals surface area contributed by atoms with Crippen molar-refractivity contribution >= 4 is 46.9 Å². The van der Waals surface area contributed by atoms with Crippen LogP contribution >= 0.6 is 23.7 Å². The SMILES string of the molecule is Cl.O=C(CCC1CCNC1)Nc1ccccc1NC(=O)Cc1cccs1. The summed E-state index contributed by atoms with van der Waals surface area (Å²) in [6, 6.07) is 11.2. The molecule has 2 heterocycles. The second-order valence-corrected chi connectivity index (χ2v) is 7.33. The predicted molar refractivity (Wildman–Crippen MR) is 109 cm³/mol. The molecular formula is C19H24ClN3O2S. The van der Waals surface area contributed by atoms with Crippen LogP contribution in [0.15, 0.2) is 41.8 Å². The molecule has 0 bridgehead atoms. The third-order valence-corrected chi connectivity index (χ3v) is 5.21. The minimum atomic E-state index is -0.0822. The van der Waals surface area contributed by atoms with Gasteiger partial charge < -0.3 is 16.0 Å². The van der Waals surface area contributed by atoms with Crippen molar-refractivity contribution in [3.05, 3.63) is 46.7 Å². The highest BCUT2D eigenvalue weighted by Gasteiger charge is 2.16. The summed E-state index contributed by atoms with van der Waals surface area (Å²) in [6.07, 6.45) is 2.88. The summed E-state index contributed by atoms with van der Waals surface area (Å²) < 4.78 is 0. The number of para-hydroxylation sites is 2. The van der Waals surface area contributed by atoms with Gasteiger partial charge in [-0.2, -0.15) is 0 Å². The molecule has 0 saturated carbocycles. The van der Waals surface area contributed by atoms with Crippen LogP contribution in [0.2, 0.25) is 0 Å². The topological polar surface area (TPSA) is 70.2 Å². The van der Waals surface area contributed by atoms with E-state index in [2.05, 4.69) is 16.0 Å². The molecule has 1 aromatic heterocycles. The van der Waals surface area contributed by atoms with Gasteiger partial charge in [0.15, 0.2) is 0 Å². The number of anilines is 2. The van der Waals surface area contributed by atoms with Gasteiger partial charge in [-0.15, -0.1) is 23.7 Å². The number of thiophene rings is 1. The quantitative estimate of drug-likeness (QED) is 0.672. The van der Waals surface area contributed by atoms with Crippen molar-refractivity contribution in [2.75, 3.05) is 23.7 Å². The maximum Gasteiger partial charge on any atom is 0.229 e. The number of halogens is 1. The van der Waals surface area contributed by atoms with Gasteiger partial charge in [0.05, 0.1) is 17.8 Å². The zero-order chi connectivity index (χ0) is 17.5. The number of benzene rings is 1. The minimum absolute atomic E-state index is 0. The van der Waals surface area contributed by atoms with E-state index < -0.39 is 0 Å². The summed E-state index contributed by atoms with van der Waals surface area (Å²) in [6.45, 7) is 2.05. The summed E-state index contributed by atoms with van der Waals surface area (Å²) >= 11 is 1.56. The lowest BCUT2D eigenvalue weighted by molar-refractivity contribution is -0.117. The third kappa shape index (κ3) is 6.12. The Bertz CT molecular complexity index is 715. The van der Waals surface area contributed by atoms with Crippen molar-refractivity contribution in [3.8, 4) is 0 Å². The smallest absolute Gasteiger partial charge is 0.229 e. The van der Waals surface area contributed by atoms with Crippen molar-refractivity contribution in [2.24, 2.45) is 5.92 Å². The highest BCUT2D eigenvalue weighted by Crippen LogP contribution is 2.23. The maximum absolute atomic E-state index is 12.2. The Kier molecular flexibility index (Phi) is 8.09. The van der Waals surface area contributed by atoms with Crippen molar-refractivity contribution in [2.45, 2.75) is 25.7 Å². The number of rotatable bonds is 7. The molecule has 1 atom stereocenters. The van der Waals surface area contributed by atoms with E-state index in [0.717, 1.165) is 30.8 Å². The van der Waals surface area contributed by atoms with Gasteiger partial charge in [-0.05, 0) is 55.4 Å². The van der Waals surface area contributed by atoms with Crippen LogP contribution in [-0.2, 0) is 16.0 Å². The molecule has 1 saturated heterocycles. The molecule has 0 radical (unpaired) electrons. The van der Waals surface area contributed by atoms with Crippen LogP contribution in [0.5, 0.6) is 0 Å². The fourth-order valence-electron chi connectivity index (χ4n) is 2.98. The van der Waals surface area contributed by atoms with Crippen LogP contribution in [-0.4, -0.2) is 24.9 Å². The zero-order valence-electron chi connectivity index (χ0n) is 14.5. The Labute approximate surface area is 164 Å². The normalized spacial score (nSPS) is 15.9. The van der Waals surface area contributed by atoms with Crippen molar-refractivity contribution in [1.82, 2.24) is 5.32 Å². The first kappa shape index (κ1) is 20.4. The van der Waals surface area contributed by atoms with Crippen molar-refractivity contribution in [3.63, 3.8) is 0 Å². The Hall–Kier alpha value is -1.89. The van der Waals surface area contributed by atoms with Gasteiger partial charge >= 0.3 is 0 Å². The van der Waals surface area contributed by atoms with Gasteiger partial charge in [0.25, 0.3) is 0 Å². The zero-order valence-corrected chi connectivity index (χ0v) is 16.1. The van der Waals surface area contributed by atoms with E-state index in [9.17, 15) is 9.59 Å². The van der Waals surface area contributed by atoms with Crippen LogP contribution in [0.1, 0.15) is 24.1 Å². The summed E-state index contributed by atoms with van der Waals surface area (Å²) in [5.74, 6) is 0.500. The fraction of sp³-hybridized carbons (Fsp3) is 0.368. The molecular weight excluding hydrogens is 370 g/mol. The lowest BCUT2D eigenvalue weighted by Crippen LogP contribution is -2.18. The Balaban J connectivity index is 0.00000243. The van der Waals surface area contributed by atoms with Gasteiger partial charge in [0, 0.05) is 11.3 Å². The van der Waals surface area contributed by atoms with Crippen LogP contribution < -0.4 is 16.0 Å². The number of amides is 2. The van der Waals surface area contributed by atoms with Crippen molar-refractivity contribution < 1.29 is 9.59 Å². The number of carbonyl (C=O) groups is 2. The Morgan fingerprint density at radius 3 is 2.42 bits per heavy atom. The van der Waals surface area contributed by atoms with Crippen LogP contribution in [0.25, 0.3) is 0 Å². The van der Waals surface area contributed by atoms with E-state index in [4.69, 9.17) is 0 Å². The number of hydrogen-bond donors (Lipinski definition) is 3. The van der Waals surface area contributed by atoms with E-state index in [0.29, 0.717) is 30.1 Å². The first-order chi connectivity index (χ1) is 12.2. The molecule has 2 amide bonds. The predicted octanol–water partition coefficient (Wildman–Crippen LogP) is 3.68. The summed E-state index contributed by atoms with van der Waals surface area (Å²) in [7, 11) is 0. The summed E-state index contributed by atoms with van der Waals surface area (Å²) in [4.78, 5) is 25.4. The Morgan fingerprint density at radius 2 is 1.81 bits per heavy atom. The van der Waals surface area contributed by atoms with Crippen molar-refractivity contribution in [1.29, 1.82) is 0 Å². The second kappa shape index (κ2) is 10.3. The monoisotopic (exact) mass is 393 g/mol. The number of hydrogen-bond acceptors (Lipinski definition) is 4. The molecule has 2 aromatic rings. The highest BCUT2D eigenvalue weighted by atomic mass is 35.5. The van der Waals surface area contributed by atoms with Gasteiger partial charge in [-0.25, -0.2) is 0 Å². The second-order valence-electron chi connectivity index (χ2n) is 6.30. The lowest BCUT2D eigenvalue weighted by Gasteiger charge is -2.13. The van der Waals surface area contributed by atoms with Gasteiger partial charge in [0.2, 0.25) is 11.8 Å². The highest BCUT2D eigenvalue weighted by molar-refractivity contribution is 7.10. The molecule has 26 heavy (non-hydrogen) atoms. The standard InChI is InChI=1S/C19H23N3O2S.ClH/c23-18(8-7-14-9-10-20-13-14)21-16-5-1-2-6-17(16)22-19(24)12-15-4-3-11-25-15;/h1-6,11,14,20H,7-10,12-13H2,(H,21,23)(H,22,24);1H. The summed E-state index contributed by atoms with van der Waals surface area (Å²) in [5, 5.41) is 11.1. The molecule has 1 aliphatic heterocycles. The first-order valence-corrected chi connectivity index (χ1v) is 9.50. The first-order valence-electron chi connectivity index (χ1n) is 8.62. The van der Waals surface area contributed by atoms with Crippen LogP contribution in [0.3, 0.4) is 0 Å². The largest absolute Gasteiger partial charge is 0.324 e. The van der Waals surface area contributed by atoms with E-state index in [1.54, 1.807) is 11.3 Å². The van der Waals surface area contributed by atoms with Crippen LogP contribution in [0.4, 0.5) is 11.4 Å².